The molecule has 2 aromatic carbocycles. The summed E-state index contributed by atoms with van der Waals surface area (Å²) in [5.74, 6) is -3.54. The maximum absolute atomic E-state index is 13.0. The topological polar surface area (TPSA) is 113 Å². The number of nitrogens with zero attached hydrogens (tertiary/aromatic N) is 1. The predicted octanol–water partition coefficient (Wildman–Crippen LogP) is 2.33. The number of likely N-dealkylation sites (N-methyl/N-ethyl adjacent to an activating group) is 1. The van der Waals surface area contributed by atoms with Crippen molar-refractivity contribution in [3.05, 3.63) is 71.3 Å². The van der Waals surface area contributed by atoms with Crippen molar-refractivity contribution in [2.45, 2.75) is 31.5 Å². The van der Waals surface area contributed by atoms with Gasteiger partial charge in [-0.25, -0.2) is 4.79 Å². The van der Waals surface area contributed by atoms with Crippen LogP contribution in [-0.2, 0) is 23.9 Å². The fraction of sp³-hybridized carbons (Fsp3) is 0.375. The van der Waals surface area contributed by atoms with E-state index in [0.717, 1.165) is 5.56 Å². The summed E-state index contributed by atoms with van der Waals surface area (Å²) in [7, 11) is 3.59. The maximum Gasteiger partial charge on any atom is 0.340 e. The number of carboxylic acid groups (broad SMARTS) is 1. The van der Waals surface area contributed by atoms with E-state index in [4.69, 9.17) is 9.47 Å². The smallest absolute Gasteiger partial charge is 0.340 e. The predicted molar refractivity (Wildman–Crippen MR) is 117 cm³/mol. The van der Waals surface area contributed by atoms with Crippen LogP contribution in [0, 0.1) is 6.92 Å². The van der Waals surface area contributed by atoms with Gasteiger partial charge in [0.15, 0.2) is 11.7 Å². The van der Waals surface area contributed by atoms with Crippen molar-refractivity contribution in [1.82, 2.24) is 4.90 Å². The minimum atomic E-state index is -2.57. The van der Waals surface area contributed by atoms with Crippen molar-refractivity contribution in [3.63, 3.8) is 0 Å². The molecular formula is C24H29NO7. The number of hydrogen-bond donors (Lipinski definition) is 2. The van der Waals surface area contributed by atoms with Crippen molar-refractivity contribution >= 4 is 17.9 Å². The first-order valence-corrected chi connectivity index (χ1v) is 10.2. The number of aliphatic carboxylic acids is 1. The van der Waals surface area contributed by atoms with Crippen LogP contribution in [0.5, 0.6) is 0 Å². The monoisotopic (exact) mass is 443 g/mol. The lowest BCUT2D eigenvalue weighted by atomic mass is 9.94. The van der Waals surface area contributed by atoms with Crippen molar-refractivity contribution < 1.29 is 34.1 Å². The Morgan fingerprint density at radius 3 is 2.22 bits per heavy atom. The number of benzene rings is 2. The van der Waals surface area contributed by atoms with Gasteiger partial charge in [-0.2, -0.15) is 0 Å². The molecule has 2 N–H and O–H groups in total. The van der Waals surface area contributed by atoms with Crippen LogP contribution in [-0.4, -0.2) is 65.9 Å². The molecule has 8 nitrogen and oxygen atoms in total. The molecule has 0 heterocycles. The van der Waals surface area contributed by atoms with E-state index < -0.39 is 42.5 Å². The number of aliphatic hydroxyl groups is 1. The largest absolute Gasteiger partial charge is 0.481 e. The highest BCUT2D eigenvalue weighted by Gasteiger charge is 2.44. The second kappa shape index (κ2) is 11.4. The summed E-state index contributed by atoms with van der Waals surface area (Å²) in [5, 5.41) is 20.1. The fourth-order valence-corrected chi connectivity index (χ4v) is 3.13. The van der Waals surface area contributed by atoms with Gasteiger partial charge in [0.2, 0.25) is 0 Å². The number of rotatable bonds is 11. The second-order valence-corrected chi connectivity index (χ2v) is 7.86. The molecule has 2 atom stereocenters. The van der Waals surface area contributed by atoms with Gasteiger partial charge in [-0.15, -0.1) is 0 Å². The quantitative estimate of drug-likeness (QED) is 0.509. The average molecular weight is 443 g/mol. The summed E-state index contributed by atoms with van der Waals surface area (Å²) >= 11 is 0. The molecule has 32 heavy (non-hydrogen) atoms. The highest BCUT2D eigenvalue weighted by atomic mass is 16.6. The van der Waals surface area contributed by atoms with E-state index in [-0.39, 0.29) is 6.61 Å². The van der Waals surface area contributed by atoms with Crippen LogP contribution >= 0.6 is 0 Å². The fourth-order valence-electron chi connectivity index (χ4n) is 3.13. The van der Waals surface area contributed by atoms with E-state index in [1.807, 2.05) is 25.1 Å². The van der Waals surface area contributed by atoms with Gasteiger partial charge in [-0.3, -0.25) is 9.59 Å². The summed E-state index contributed by atoms with van der Waals surface area (Å²) in [5.41, 5.74) is -0.407. The molecule has 0 bridgehead atoms. The summed E-state index contributed by atoms with van der Waals surface area (Å²) in [6, 6.07) is 16.2. The van der Waals surface area contributed by atoms with E-state index >= 15 is 0 Å². The van der Waals surface area contributed by atoms with Gasteiger partial charge >= 0.3 is 17.9 Å². The lowest BCUT2D eigenvalue weighted by Gasteiger charge is -2.28. The minimum absolute atomic E-state index is 0.0416. The van der Waals surface area contributed by atoms with Crippen LogP contribution in [0.3, 0.4) is 0 Å². The standard InChI is InChI=1S/C24H29NO7/c1-17-9-7-8-12-19(17)22(18-10-5-4-6-11-18)32-23(29)24(30,15-20(26)27)16-21(28)31-14-13-25(2)3/h4-12,22,30H,13-16H2,1-3H3,(H,26,27). The van der Waals surface area contributed by atoms with E-state index in [1.165, 1.54) is 0 Å². The van der Waals surface area contributed by atoms with Crippen molar-refractivity contribution in [2.24, 2.45) is 0 Å². The molecule has 0 aliphatic heterocycles. The Kier molecular flexibility index (Phi) is 8.92. The zero-order chi connectivity index (χ0) is 23.7. The van der Waals surface area contributed by atoms with E-state index in [9.17, 15) is 24.6 Å². The minimum Gasteiger partial charge on any atom is -0.481 e. The Bertz CT molecular complexity index is 929. The third kappa shape index (κ3) is 7.18. The molecule has 2 aromatic rings. The highest BCUT2D eigenvalue weighted by molar-refractivity contribution is 5.90. The van der Waals surface area contributed by atoms with Crippen LogP contribution in [0.1, 0.15) is 35.6 Å². The highest BCUT2D eigenvalue weighted by Crippen LogP contribution is 2.31. The van der Waals surface area contributed by atoms with E-state index in [1.54, 1.807) is 55.4 Å². The zero-order valence-corrected chi connectivity index (χ0v) is 18.5. The first kappa shape index (κ1) is 25.0. The summed E-state index contributed by atoms with van der Waals surface area (Å²) in [4.78, 5) is 38.4. The number of ether oxygens (including phenoxy) is 2. The molecule has 172 valence electrons. The molecule has 0 aromatic heterocycles. The van der Waals surface area contributed by atoms with Gasteiger partial charge < -0.3 is 24.6 Å². The molecule has 2 unspecified atom stereocenters. The van der Waals surface area contributed by atoms with Crippen LogP contribution in [0.2, 0.25) is 0 Å². The molecule has 0 amide bonds. The number of carboxylic acids is 1. The van der Waals surface area contributed by atoms with Gasteiger partial charge in [0.1, 0.15) is 6.61 Å². The van der Waals surface area contributed by atoms with Crippen LogP contribution in [0.15, 0.2) is 54.6 Å². The van der Waals surface area contributed by atoms with Crippen molar-refractivity contribution in [3.8, 4) is 0 Å². The second-order valence-electron chi connectivity index (χ2n) is 7.86. The van der Waals surface area contributed by atoms with Crippen LogP contribution in [0.25, 0.3) is 0 Å². The first-order chi connectivity index (χ1) is 15.1. The average Bonchev–Trinajstić information content (AvgIpc) is 2.72. The Morgan fingerprint density at radius 2 is 1.62 bits per heavy atom. The van der Waals surface area contributed by atoms with Gasteiger partial charge in [-0.1, -0.05) is 54.6 Å². The molecule has 0 spiro atoms. The Labute approximate surface area is 187 Å². The summed E-state index contributed by atoms with van der Waals surface area (Å²) in [6.07, 6.45) is -2.72. The molecule has 0 saturated heterocycles. The first-order valence-electron chi connectivity index (χ1n) is 10.2. The Hall–Kier alpha value is -3.23. The molecule has 0 saturated carbocycles. The normalized spacial score (nSPS) is 13.8. The molecular weight excluding hydrogens is 414 g/mol. The van der Waals surface area contributed by atoms with Crippen LogP contribution < -0.4 is 0 Å². The lowest BCUT2D eigenvalue weighted by molar-refractivity contribution is -0.179. The zero-order valence-electron chi connectivity index (χ0n) is 18.5. The SMILES string of the molecule is Cc1ccccc1C(OC(=O)C(O)(CC(=O)O)CC(=O)OCCN(C)C)c1ccccc1. The van der Waals surface area contributed by atoms with Gasteiger partial charge in [0.25, 0.3) is 0 Å². The lowest BCUT2D eigenvalue weighted by Crippen LogP contribution is -2.45. The van der Waals surface area contributed by atoms with E-state index in [2.05, 4.69) is 0 Å². The number of aryl methyl sites for hydroxylation is 1. The molecule has 0 radical (unpaired) electrons. The molecule has 2 rings (SSSR count). The number of hydrogen-bond acceptors (Lipinski definition) is 7. The Morgan fingerprint density at radius 1 is 1.00 bits per heavy atom. The summed E-state index contributed by atoms with van der Waals surface area (Å²) in [6.45, 7) is 2.33. The number of carbonyl (C=O) groups is 3. The number of esters is 2. The molecule has 0 fully saturated rings. The van der Waals surface area contributed by atoms with Crippen molar-refractivity contribution in [1.29, 1.82) is 0 Å². The molecule has 0 aliphatic carbocycles. The van der Waals surface area contributed by atoms with Gasteiger partial charge in [0, 0.05) is 6.54 Å². The van der Waals surface area contributed by atoms with Crippen LogP contribution in [0.4, 0.5) is 0 Å². The van der Waals surface area contributed by atoms with Gasteiger partial charge in [-0.05, 0) is 37.7 Å². The van der Waals surface area contributed by atoms with Gasteiger partial charge in [0.05, 0.1) is 12.8 Å². The van der Waals surface area contributed by atoms with E-state index in [0.29, 0.717) is 17.7 Å². The Balaban J connectivity index is 2.29. The number of carbonyl (C=O) groups excluding carboxylic acids is 2. The third-order valence-corrected chi connectivity index (χ3v) is 4.86. The maximum atomic E-state index is 13.0. The summed E-state index contributed by atoms with van der Waals surface area (Å²) < 4.78 is 10.7. The third-order valence-electron chi connectivity index (χ3n) is 4.86. The molecule has 8 heteroatoms. The van der Waals surface area contributed by atoms with Crippen molar-refractivity contribution in [2.75, 3.05) is 27.2 Å². The molecule has 0 aliphatic rings.